The minimum atomic E-state index is -0.197. The fourth-order valence-corrected chi connectivity index (χ4v) is 4.43. The number of carbonyl (C=O) groups excluding carboxylic acids is 1. The summed E-state index contributed by atoms with van der Waals surface area (Å²) in [5, 5.41) is 11.8. The first-order valence-corrected chi connectivity index (χ1v) is 13.0. The Morgan fingerprint density at radius 1 is 1.08 bits per heavy atom. The lowest BCUT2D eigenvalue weighted by atomic mass is 10.1. The van der Waals surface area contributed by atoms with Crippen molar-refractivity contribution in [3.05, 3.63) is 77.1 Å². The van der Waals surface area contributed by atoms with Crippen LogP contribution in [0.5, 0.6) is 5.75 Å². The molecule has 9 nitrogen and oxygen atoms in total. The predicted octanol–water partition coefficient (Wildman–Crippen LogP) is 3.90. The molecule has 0 spiro atoms. The largest absolute Gasteiger partial charge is 0.497 e. The van der Waals surface area contributed by atoms with Crippen LogP contribution in [-0.4, -0.2) is 71.2 Å². The molecule has 1 saturated heterocycles. The quantitative estimate of drug-likeness (QED) is 0.360. The number of amides is 1. The number of ether oxygens (including phenoxy) is 1. The second-order valence-electron chi connectivity index (χ2n) is 9.25. The third kappa shape index (κ3) is 6.89. The van der Waals surface area contributed by atoms with Gasteiger partial charge in [0.25, 0.3) is 0 Å². The van der Waals surface area contributed by atoms with E-state index in [1.165, 1.54) is 5.56 Å². The number of piperazine rings is 1. The highest BCUT2D eigenvalue weighted by Gasteiger charge is 2.26. The zero-order valence-corrected chi connectivity index (χ0v) is 23.2. The highest BCUT2D eigenvalue weighted by Crippen LogP contribution is 2.24. The number of nitrogens with one attached hydrogen (secondary N) is 1. The number of methoxy groups -OCH3 is 1. The average Bonchev–Trinajstić information content (AvgIpc) is 3.40. The van der Waals surface area contributed by atoms with Crippen LogP contribution >= 0.6 is 12.6 Å². The molecule has 0 saturated carbocycles. The van der Waals surface area contributed by atoms with Crippen molar-refractivity contribution in [3.8, 4) is 5.75 Å². The van der Waals surface area contributed by atoms with Gasteiger partial charge >= 0.3 is 11.8 Å². The molecule has 4 aromatic rings. The van der Waals surface area contributed by atoms with Gasteiger partial charge in [0.1, 0.15) is 5.75 Å². The zero-order valence-electron chi connectivity index (χ0n) is 22.3. The van der Waals surface area contributed by atoms with E-state index in [0.717, 1.165) is 52.3 Å². The van der Waals surface area contributed by atoms with Gasteiger partial charge in [-0.3, -0.25) is 14.7 Å². The maximum Gasteiger partial charge on any atom is 0.311 e. The number of para-hydroxylation sites is 1. The monoisotopic (exact) mass is 534 g/mol. The number of thiol groups is 1. The number of rotatable bonds is 6. The Labute approximate surface area is 228 Å². The maximum atomic E-state index is 12.5. The number of pyridine rings is 1. The third-order valence-corrected chi connectivity index (χ3v) is 7.10. The molecule has 5 rings (SSSR count). The van der Waals surface area contributed by atoms with E-state index in [1.54, 1.807) is 19.1 Å². The number of hydrogen-bond acceptors (Lipinski definition) is 9. The highest BCUT2D eigenvalue weighted by molar-refractivity contribution is 7.80. The molecule has 0 unspecified atom stereocenters. The van der Waals surface area contributed by atoms with Gasteiger partial charge in [-0.2, -0.15) is 0 Å². The van der Waals surface area contributed by atoms with Crippen LogP contribution in [0.25, 0.3) is 10.9 Å². The number of carbonyl (C=O) groups is 1. The molecule has 0 atom stereocenters. The molecule has 2 aromatic carbocycles. The van der Waals surface area contributed by atoms with Crippen LogP contribution in [0.2, 0.25) is 0 Å². The summed E-state index contributed by atoms with van der Waals surface area (Å²) in [4.78, 5) is 22.2. The summed E-state index contributed by atoms with van der Waals surface area (Å²) in [6.07, 6.45) is 1.93. The van der Waals surface area contributed by atoms with Gasteiger partial charge in [-0.1, -0.05) is 18.2 Å². The first-order chi connectivity index (χ1) is 18.4. The SMILES string of the molecule is CNCc1nnc(C(=O)N2CCN(Cc3cnc4ccccc4c3)CC2)o1.COc1cc(C)c(S)c(C)c1. The molecule has 1 N–H and O–H groups in total. The summed E-state index contributed by atoms with van der Waals surface area (Å²) in [6.45, 7) is 8.22. The Kier molecular flexibility index (Phi) is 9.33. The summed E-state index contributed by atoms with van der Waals surface area (Å²) in [5.74, 6) is 1.19. The van der Waals surface area contributed by atoms with E-state index in [-0.39, 0.29) is 11.8 Å². The molecule has 3 heterocycles. The summed E-state index contributed by atoms with van der Waals surface area (Å²) in [7, 11) is 3.46. The van der Waals surface area contributed by atoms with Gasteiger partial charge in [0.2, 0.25) is 5.89 Å². The molecule has 38 heavy (non-hydrogen) atoms. The first kappa shape index (κ1) is 27.6. The van der Waals surface area contributed by atoms with Gasteiger partial charge in [-0.25, -0.2) is 0 Å². The van der Waals surface area contributed by atoms with E-state index in [9.17, 15) is 4.79 Å². The van der Waals surface area contributed by atoms with E-state index >= 15 is 0 Å². The first-order valence-electron chi connectivity index (χ1n) is 12.5. The van der Waals surface area contributed by atoms with Crippen LogP contribution in [0.4, 0.5) is 0 Å². The Morgan fingerprint density at radius 3 is 2.47 bits per heavy atom. The van der Waals surface area contributed by atoms with Gasteiger partial charge in [0, 0.05) is 49.2 Å². The lowest BCUT2D eigenvalue weighted by molar-refractivity contribution is 0.0588. The van der Waals surface area contributed by atoms with E-state index in [0.29, 0.717) is 25.5 Å². The van der Waals surface area contributed by atoms with Crippen molar-refractivity contribution in [1.82, 2.24) is 30.3 Å². The fraction of sp³-hybridized carbons (Fsp3) is 0.357. The number of aryl methyl sites for hydroxylation is 2. The molecule has 200 valence electrons. The minimum absolute atomic E-state index is 0.0624. The highest BCUT2D eigenvalue weighted by atomic mass is 32.1. The van der Waals surface area contributed by atoms with E-state index < -0.39 is 0 Å². The van der Waals surface area contributed by atoms with Crippen LogP contribution < -0.4 is 10.1 Å². The van der Waals surface area contributed by atoms with Crippen LogP contribution in [-0.2, 0) is 13.1 Å². The Hall–Kier alpha value is -3.47. The molecule has 10 heteroatoms. The standard InChI is InChI=1S/C19H22N6O2.C9H12OS/c1-20-12-17-22-23-18(27-17)19(26)25-8-6-24(7-9-25)13-14-10-15-4-2-3-5-16(15)21-11-14;1-6-4-8(10-3)5-7(2)9(6)11/h2-5,10-11,20H,6-9,12-13H2,1H3;4-5,11H,1-3H3. The van der Waals surface area contributed by atoms with Crippen LogP contribution in [0.1, 0.15) is 33.3 Å². The van der Waals surface area contributed by atoms with Gasteiger partial charge in [-0.15, -0.1) is 22.8 Å². The van der Waals surface area contributed by atoms with Crippen molar-refractivity contribution in [1.29, 1.82) is 0 Å². The van der Waals surface area contributed by atoms with Crippen molar-refractivity contribution in [2.24, 2.45) is 0 Å². The average molecular weight is 535 g/mol. The maximum absolute atomic E-state index is 12.5. The third-order valence-electron chi connectivity index (χ3n) is 6.39. The number of benzene rings is 2. The minimum Gasteiger partial charge on any atom is -0.497 e. The van der Waals surface area contributed by atoms with E-state index in [1.807, 2.05) is 50.4 Å². The molecular formula is C28H34N6O3S. The smallest absolute Gasteiger partial charge is 0.311 e. The molecule has 0 radical (unpaired) electrons. The second-order valence-corrected chi connectivity index (χ2v) is 9.69. The van der Waals surface area contributed by atoms with Crippen molar-refractivity contribution < 1.29 is 13.9 Å². The van der Waals surface area contributed by atoms with Crippen LogP contribution in [0.15, 0.2) is 58.0 Å². The van der Waals surface area contributed by atoms with Crippen molar-refractivity contribution in [3.63, 3.8) is 0 Å². The van der Waals surface area contributed by atoms with Gasteiger partial charge in [0.15, 0.2) is 0 Å². The van der Waals surface area contributed by atoms with Crippen LogP contribution in [0.3, 0.4) is 0 Å². The number of aromatic nitrogens is 3. The molecule has 1 aliphatic heterocycles. The Morgan fingerprint density at radius 2 is 1.79 bits per heavy atom. The van der Waals surface area contributed by atoms with Gasteiger partial charge < -0.3 is 19.4 Å². The molecule has 0 bridgehead atoms. The van der Waals surface area contributed by atoms with Crippen molar-refractivity contribution in [2.45, 2.75) is 31.8 Å². The molecule has 2 aromatic heterocycles. The normalized spacial score (nSPS) is 13.8. The molecule has 1 aliphatic rings. The summed E-state index contributed by atoms with van der Waals surface area (Å²) in [5.41, 5.74) is 4.51. The Bertz CT molecular complexity index is 1360. The van der Waals surface area contributed by atoms with Crippen molar-refractivity contribution in [2.75, 3.05) is 40.3 Å². The predicted molar refractivity (Wildman–Crippen MR) is 150 cm³/mol. The number of nitrogens with zero attached hydrogens (tertiary/aromatic N) is 5. The summed E-state index contributed by atoms with van der Waals surface area (Å²) in [6, 6.07) is 14.3. The van der Waals surface area contributed by atoms with Crippen LogP contribution in [0, 0.1) is 13.8 Å². The summed E-state index contributed by atoms with van der Waals surface area (Å²) >= 11 is 4.34. The second kappa shape index (κ2) is 12.9. The van der Waals surface area contributed by atoms with E-state index in [2.05, 4.69) is 50.2 Å². The number of hydrogen-bond donors (Lipinski definition) is 2. The van der Waals surface area contributed by atoms with Gasteiger partial charge in [-0.05, 0) is 61.9 Å². The molecule has 0 aliphatic carbocycles. The lowest BCUT2D eigenvalue weighted by Gasteiger charge is -2.34. The summed E-state index contributed by atoms with van der Waals surface area (Å²) < 4.78 is 10.5. The van der Waals surface area contributed by atoms with Gasteiger partial charge in [0.05, 0.1) is 19.2 Å². The Balaban J connectivity index is 0.000000257. The molecule has 1 amide bonds. The topological polar surface area (TPSA) is 96.6 Å². The number of fused-ring (bicyclic) bond motifs is 1. The molecular weight excluding hydrogens is 500 g/mol. The fourth-order valence-electron chi connectivity index (χ4n) is 4.30. The lowest BCUT2D eigenvalue weighted by Crippen LogP contribution is -2.48. The molecule has 1 fully saturated rings. The van der Waals surface area contributed by atoms with Crippen molar-refractivity contribution >= 4 is 29.4 Å². The zero-order chi connectivity index (χ0) is 27.1. The van der Waals surface area contributed by atoms with E-state index in [4.69, 9.17) is 9.15 Å².